The van der Waals surface area contributed by atoms with Gasteiger partial charge < -0.3 is 15.4 Å². The second-order valence-corrected chi connectivity index (χ2v) is 6.24. The molecule has 4 N–H and O–H groups in total. The van der Waals surface area contributed by atoms with Gasteiger partial charge in [0.05, 0.1) is 12.7 Å². The minimum Gasteiger partial charge on any atom is -0.497 e. The quantitative estimate of drug-likeness (QED) is 0.711. The van der Waals surface area contributed by atoms with Gasteiger partial charge in [0.2, 0.25) is 0 Å². The Balaban J connectivity index is 2.12. The molecule has 1 amide bonds. The molecule has 8 nitrogen and oxygen atoms in total. The van der Waals surface area contributed by atoms with E-state index in [4.69, 9.17) is 15.6 Å². The van der Waals surface area contributed by atoms with Gasteiger partial charge in [-0.15, -0.1) is 0 Å². The molecule has 1 aromatic rings. The Labute approximate surface area is 123 Å². The summed E-state index contributed by atoms with van der Waals surface area (Å²) in [5.74, 6) is 0.288. The number of anilines is 1. The molecule has 0 aromatic heterocycles. The van der Waals surface area contributed by atoms with E-state index < -0.39 is 10.2 Å². The van der Waals surface area contributed by atoms with Crippen LogP contribution in [-0.4, -0.2) is 56.8 Å². The van der Waals surface area contributed by atoms with E-state index in [2.05, 4.69) is 0 Å². The first-order valence-electron chi connectivity index (χ1n) is 6.33. The zero-order valence-electron chi connectivity index (χ0n) is 11.7. The molecule has 1 aromatic carbocycles. The molecule has 0 atom stereocenters. The molecule has 0 bridgehead atoms. The molecule has 1 aliphatic rings. The third kappa shape index (κ3) is 3.43. The van der Waals surface area contributed by atoms with Gasteiger partial charge in [0, 0.05) is 31.9 Å². The number of carbonyl (C=O) groups is 1. The molecule has 0 unspecified atom stereocenters. The molecule has 21 heavy (non-hydrogen) atoms. The fourth-order valence-electron chi connectivity index (χ4n) is 2.16. The van der Waals surface area contributed by atoms with Crippen LogP contribution in [0.3, 0.4) is 0 Å². The largest absolute Gasteiger partial charge is 0.497 e. The van der Waals surface area contributed by atoms with Crippen LogP contribution in [0, 0.1) is 0 Å². The van der Waals surface area contributed by atoms with E-state index in [0.717, 1.165) is 4.31 Å². The highest BCUT2D eigenvalue weighted by Gasteiger charge is 2.27. The molecule has 116 valence electrons. The van der Waals surface area contributed by atoms with Crippen molar-refractivity contribution >= 4 is 21.8 Å². The number of nitrogens with zero attached hydrogens (tertiary/aromatic N) is 2. The van der Waals surface area contributed by atoms with Crippen molar-refractivity contribution in [3.8, 4) is 5.75 Å². The predicted octanol–water partition coefficient (Wildman–Crippen LogP) is -0.761. The number of benzene rings is 1. The lowest BCUT2D eigenvalue weighted by molar-refractivity contribution is 0.0698. The van der Waals surface area contributed by atoms with E-state index in [0.29, 0.717) is 17.0 Å². The normalized spacial score (nSPS) is 16.8. The molecule has 1 heterocycles. The summed E-state index contributed by atoms with van der Waals surface area (Å²) in [6, 6.07) is 4.85. The molecule has 1 fully saturated rings. The van der Waals surface area contributed by atoms with Crippen LogP contribution in [-0.2, 0) is 10.2 Å². The van der Waals surface area contributed by atoms with E-state index in [9.17, 15) is 13.2 Å². The lowest BCUT2D eigenvalue weighted by atomic mass is 10.1. The van der Waals surface area contributed by atoms with Crippen molar-refractivity contribution in [2.75, 3.05) is 39.0 Å². The maximum absolute atomic E-state index is 12.4. The van der Waals surface area contributed by atoms with Crippen molar-refractivity contribution in [3.63, 3.8) is 0 Å². The van der Waals surface area contributed by atoms with Crippen molar-refractivity contribution in [2.24, 2.45) is 5.14 Å². The lowest BCUT2D eigenvalue weighted by Crippen LogP contribution is -2.52. The lowest BCUT2D eigenvalue weighted by Gasteiger charge is -2.33. The number of ether oxygens (including phenoxy) is 1. The van der Waals surface area contributed by atoms with Gasteiger partial charge in [-0.2, -0.15) is 12.7 Å². The Morgan fingerprint density at radius 3 is 2.38 bits per heavy atom. The van der Waals surface area contributed by atoms with Gasteiger partial charge in [0.1, 0.15) is 5.75 Å². The third-order valence-corrected chi connectivity index (χ3v) is 4.46. The van der Waals surface area contributed by atoms with Gasteiger partial charge in [-0.05, 0) is 18.2 Å². The summed E-state index contributed by atoms with van der Waals surface area (Å²) < 4.78 is 28.7. The van der Waals surface area contributed by atoms with E-state index >= 15 is 0 Å². The summed E-state index contributed by atoms with van der Waals surface area (Å²) in [6.45, 7) is 0.890. The van der Waals surface area contributed by atoms with Crippen LogP contribution in [0.2, 0.25) is 0 Å². The number of nitrogen functional groups attached to an aromatic ring is 1. The summed E-state index contributed by atoms with van der Waals surface area (Å²) in [7, 11) is -2.20. The first-order chi connectivity index (χ1) is 9.82. The van der Waals surface area contributed by atoms with Crippen molar-refractivity contribution in [2.45, 2.75) is 0 Å². The molecular weight excluding hydrogens is 296 g/mol. The van der Waals surface area contributed by atoms with Crippen LogP contribution in [0.5, 0.6) is 5.75 Å². The first kappa shape index (κ1) is 15.5. The fraction of sp³-hybridized carbons (Fsp3) is 0.417. The van der Waals surface area contributed by atoms with Crippen LogP contribution in [0.25, 0.3) is 0 Å². The van der Waals surface area contributed by atoms with Gasteiger partial charge in [0.25, 0.3) is 16.1 Å². The molecule has 0 spiro atoms. The van der Waals surface area contributed by atoms with Crippen LogP contribution >= 0.6 is 0 Å². The van der Waals surface area contributed by atoms with Crippen LogP contribution < -0.4 is 15.6 Å². The van der Waals surface area contributed by atoms with Crippen LogP contribution in [0.1, 0.15) is 10.4 Å². The maximum atomic E-state index is 12.4. The Morgan fingerprint density at radius 2 is 1.86 bits per heavy atom. The zero-order chi connectivity index (χ0) is 15.6. The number of carbonyl (C=O) groups excluding carboxylic acids is 1. The number of nitrogens with two attached hydrogens (primary N) is 2. The number of methoxy groups -OCH3 is 1. The average Bonchev–Trinajstić information content (AvgIpc) is 2.46. The molecule has 0 saturated carbocycles. The fourth-order valence-corrected chi connectivity index (χ4v) is 2.84. The number of hydrogen-bond donors (Lipinski definition) is 2. The molecule has 1 aliphatic heterocycles. The average molecular weight is 314 g/mol. The van der Waals surface area contributed by atoms with Crippen LogP contribution in [0.4, 0.5) is 5.69 Å². The van der Waals surface area contributed by atoms with Crippen molar-refractivity contribution in [1.29, 1.82) is 0 Å². The van der Waals surface area contributed by atoms with E-state index in [1.807, 2.05) is 0 Å². The number of rotatable bonds is 3. The molecule has 9 heteroatoms. The highest BCUT2D eigenvalue weighted by atomic mass is 32.2. The van der Waals surface area contributed by atoms with Crippen molar-refractivity contribution in [1.82, 2.24) is 9.21 Å². The van der Waals surface area contributed by atoms with Gasteiger partial charge >= 0.3 is 0 Å². The third-order valence-electron chi connectivity index (χ3n) is 3.38. The Hall–Kier alpha value is -1.84. The predicted molar refractivity (Wildman–Crippen MR) is 78.0 cm³/mol. The second-order valence-electron chi connectivity index (χ2n) is 4.69. The van der Waals surface area contributed by atoms with E-state index in [1.54, 1.807) is 23.1 Å². The highest BCUT2D eigenvalue weighted by Crippen LogP contribution is 2.21. The van der Waals surface area contributed by atoms with Crippen LogP contribution in [0.15, 0.2) is 18.2 Å². The van der Waals surface area contributed by atoms with Crippen molar-refractivity contribution in [3.05, 3.63) is 23.8 Å². The molecule has 2 rings (SSSR count). The first-order valence-corrected chi connectivity index (χ1v) is 7.84. The topological polar surface area (TPSA) is 119 Å². The maximum Gasteiger partial charge on any atom is 0.277 e. The smallest absolute Gasteiger partial charge is 0.277 e. The van der Waals surface area contributed by atoms with Crippen molar-refractivity contribution < 1.29 is 17.9 Å². The molecule has 0 aliphatic carbocycles. The number of amides is 1. The molecular formula is C12H18N4O4S. The zero-order valence-corrected chi connectivity index (χ0v) is 12.5. The van der Waals surface area contributed by atoms with Gasteiger partial charge in [0.15, 0.2) is 0 Å². The van der Waals surface area contributed by atoms with Gasteiger partial charge in [-0.3, -0.25) is 4.79 Å². The molecule has 1 saturated heterocycles. The van der Waals surface area contributed by atoms with E-state index in [1.165, 1.54) is 7.11 Å². The summed E-state index contributed by atoms with van der Waals surface area (Å²) >= 11 is 0. The monoisotopic (exact) mass is 314 g/mol. The SMILES string of the molecule is COc1ccc(N)c(C(=O)N2CCN(S(N)(=O)=O)CC2)c1. The summed E-state index contributed by atoms with van der Waals surface area (Å²) in [6.07, 6.45) is 0. The summed E-state index contributed by atoms with van der Waals surface area (Å²) in [5, 5.41) is 5.06. The second kappa shape index (κ2) is 5.88. The Bertz CT molecular complexity index is 639. The summed E-state index contributed by atoms with van der Waals surface area (Å²) in [4.78, 5) is 14.0. The van der Waals surface area contributed by atoms with Gasteiger partial charge in [-0.25, -0.2) is 5.14 Å². The molecule has 0 radical (unpaired) electrons. The van der Waals surface area contributed by atoms with Gasteiger partial charge in [-0.1, -0.05) is 0 Å². The number of piperazine rings is 1. The Morgan fingerprint density at radius 1 is 1.24 bits per heavy atom. The Kier molecular flexibility index (Phi) is 4.35. The summed E-state index contributed by atoms with van der Waals surface area (Å²) in [5.41, 5.74) is 6.52. The number of hydrogen-bond acceptors (Lipinski definition) is 5. The standard InChI is InChI=1S/C12H18N4O4S/c1-20-9-2-3-11(13)10(8-9)12(17)15-4-6-16(7-5-15)21(14,18)19/h2-3,8H,4-7,13H2,1H3,(H2,14,18,19). The minimum atomic E-state index is -3.71. The highest BCUT2D eigenvalue weighted by molar-refractivity contribution is 7.86. The van der Waals surface area contributed by atoms with E-state index in [-0.39, 0.29) is 32.1 Å². The minimum absolute atomic E-state index is 0.175.